The third-order valence-corrected chi connectivity index (χ3v) is 5.04. The maximum atomic E-state index is 6.03. The summed E-state index contributed by atoms with van der Waals surface area (Å²) < 4.78 is 11.2. The number of piperazine rings is 1. The first-order valence-electron chi connectivity index (χ1n) is 9.19. The Hall–Kier alpha value is -2.64. The first-order valence-corrected chi connectivity index (χ1v) is 9.57. The fourth-order valence-electron chi connectivity index (χ4n) is 3.28. The molecule has 146 valence electrons. The second kappa shape index (κ2) is 8.16. The van der Waals surface area contributed by atoms with Crippen molar-refractivity contribution in [1.82, 2.24) is 19.9 Å². The van der Waals surface area contributed by atoms with Gasteiger partial charge in [0.2, 0.25) is 17.7 Å². The number of rotatable bonds is 5. The van der Waals surface area contributed by atoms with Crippen molar-refractivity contribution in [3.63, 3.8) is 0 Å². The van der Waals surface area contributed by atoms with Gasteiger partial charge in [0.05, 0.1) is 19.3 Å². The molecule has 0 bridgehead atoms. The molecule has 0 amide bonds. The van der Waals surface area contributed by atoms with Crippen LogP contribution >= 0.6 is 11.6 Å². The number of oxazole rings is 1. The molecule has 2 aromatic heterocycles. The summed E-state index contributed by atoms with van der Waals surface area (Å²) >= 11 is 5.97. The third kappa shape index (κ3) is 4.10. The molecule has 0 atom stereocenters. The van der Waals surface area contributed by atoms with Crippen LogP contribution in [0.1, 0.15) is 11.6 Å². The molecule has 0 saturated carbocycles. The number of hydrogen-bond acceptors (Lipinski definition) is 7. The van der Waals surface area contributed by atoms with Gasteiger partial charge < -0.3 is 14.1 Å². The molecule has 0 unspecified atom stereocenters. The SMILES string of the molecule is COc1ccnc(N2CCN(Cc3nc(C)c(-c4ccc(Cl)cc4)o3)CC2)n1. The summed E-state index contributed by atoms with van der Waals surface area (Å²) in [4.78, 5) is 17.9. The van der Waals surface area contributed by atoms with Crippen LogP contribution in [-0.2, 0) is 6.54 Å². The molecular formula is C20H22ClN5O2. The van der Waals surface area contributed by atoms with Gasteiger partial charge in [-0.05, 0) is 31.2 Å². The van der Waals surface area contributed by atoms with Gasteiger partial charge in [-0.25, -0.2) is 9.97 Å². The molecule has 1 aliphatic rings. The van der Waals surface area contributed by atoms with Gasteiger partial charge in [-0.15, -0.1) is 0 Å². The van der Waals surface area contributed by atoms with Gasteiger partial charge in [0.1, 0.15) is 0 Å². The molecule has 28 heavy (non-hydrogen) atoms. The Morgan fingerprint density at radius 3 is 2.54 bits per heavy atom. The normalized spacial score (nSPS) is 15.0. The molecule has 0 N–H and O–H groups in total. The summed E-state index contributed by atoms with van der Waals surface area (Å²) in [6, 6.07) is 9.37. The highest BCUT2D eigenvalue weighted by Crippen LogP contribution is 2.26. The third-order valence-electron chi connectivity index (χ3n) is 4.79. The average molecular weight is 400 g/mol. The predicted octanol–water partition coefficient (Wildman–Crippen LogP) is 3.42. The van der Waals surface area contributed by atoms with Gasteiger partial charge in [0, 0.05) is 49.0 Å². The van der Waals surface area contributed by atoms with Crippen LogP contribution in [0.15, 0.2) is 40.9 Å². The minimum Gasteiger partial charge on any atom is -0.481 e. The molecule has 1 saturated heterocycles. The quantitative estimate of drug-likeness (QED) is 0.651. The van der Waals surface area contributed by atoms with Crippen molar-refractivity contribution in [1.29, 1.82) is 0 Å². The lowest BCUT2D eigenvalue weighted by molar-refractivity contribution is 0.226. The lowest BCUT2D eigenvalue weighted by Crippen LogP contribution is -2.46. The van der Waals surface area contributed by atoms with E-state index in [0.717, 1.165) is 49.1 Å². The Bertz CT molecular complexity index is 936. The molecule has 3 aromatic rings. The zero-order valence-corrected chi connectivity index (χ0v) is 16.7. The van der Waals surface area contributed by atoms with Crippen LogP contribution in [0.25, 0.3) is 11.3 Å². The van der Waals surface area contributed by atoms with Crippen LogP contribution in [0.3, 0.4) is 0 Å². The van der Waals surface area contributed by atoms with Gasteiger partial charge in [0.25, 0.3) is 0 Å². The van der Waals surface area contributed by atoms with E-state index in [1.165, 1.54) is 0 Å². The van der Waals surface area contributed by atoms with Crippen LogP contribution in [0.2, 0.25) is 5.02 Å². The number of halogens is 1. The van der Waals surface area contributed by atoms with E-state index in [1.807, 2.05) is 31.2 Å². The Balaban J connectivity index is 1.38. The highest BCUT2D eigenvalue weighted by molar-refractivity contribution is 6.30. The van der Waals surface area contributed by atoms with E-state index in [4.69, 9.17) is 20.8 Å². The van der Waals surface area contributed by atoms with Crippen LogP contribution in [0, 0.1) is 6.92 Å². The van der Waals surface area contributed by atoms with Crippen molar-refractivity contribution in [3.05, 3.63) is 53.1 Å². The van der Waals surface area contributed by atoms with Crippen molar-refractivity contribution >= 4 is 17.5 Å². The number of aromatic nitrogens is 3. The maximum absolute atomic E-state index is 6.03. The first kappa shape index (κ1) is 18.7. The average Bonchev–Trinajstić information content (AvgIpc) is 3.09. The number of methoxy groups -OCH3 is 1. The Morgan fingerprint density at radius 2 is 1.82 bits per heavy atom. The van der Waals surface area contributed by atoms with Gasteiger partial charge in [0.15, 0.2) is 5.76 Å². The summed E-state index contributed by atoms with van der Waals surface area (Å²) in [7, 11) is 1.61. The van der Waals surface area contributed by atoms with Crippen molar-refractivity contribution in [3.8, 4) is 17.2 Å². The van der Waals surface area contributed by atoms with E-state index in [-0.39, 0.29) is 0 Å². The first-order chi connectivity index (χ1) is 13.6. The summed E-state index contributed by atoms with van der Waals surface area (Å²) in [5.74, 6) is 2.82. The van der Waals surface area contributed by atoms with E-state index in [9.17, 15) is 0 Å². The molecule has 4 rings (SSSR count). The monoisotopic (exact) mass is 399 g/mol. The predicted molar refractivity (Wildman–Crippen MR) is 108 cm³/mol. The lowest BCUT2D eigenvalue weighted by Gasteiger charge is -2.33. The Labute approximate surface area is 168 Å². The smallest absolute Gasteiger partial charge is 0.228 e. The molecule has 8 heteroatoms. The molecule has 1 fully saturated rings. The maximum Gasteiger partial charge on any atom is 0.228 e. The van der Waals surface area contributed by atoms with Crippen molar-refractivity contribution in [2.45, 2.75) is 13.5 Å². The molecule has 0 radical (unpaired) electrons. The van der Waals surface area contributed by atoms with Crippen LogP contribution < -0.4 is 9.64 Å². The van der Waals surface area contributed by atoms with Crippen molar-refractivity contribution in [2.24, 2.45) is 0 Å². The standard InChI is InChI=1S/C20H22ClN5O2/c1-14-19(15-3-5-16(21)6-4-15)28-18(23-14)13-25-9-11-26(12-10-25)20-22-8-7-17(24-20)27-2/h3-8H,9-13H2,1-2H3. The number of anilines is 1. The number of nitrogens with zero attached hydrogens (tertiary/aromatic N) is 5. The van der Waals surface area contributed by atoms with Crippen molar-refractivity contribution < 1.29 is 9.15 Å². The topological polar surface area (TPSA) is 67.5 Å². The molecule has 3 heterocycles. The molecule has 7 nitrogen and oxygen atoms in total. The largest absolute Gasteiger partial charge is 0.481 e. The number of aryl methyl sites for hydroxylation is 1. The summed E-state index contributed by atoms with van der Waals surface area (Å²) in [5.41, 5.74) is 1.88. The summed E-state index contributed by atoms with van der Waals surface area (Å²) in [6.07, 6.45) is 1.72. The van der Waals surface area contributed by atoms with Crippen molar-refractivity contribution in [2.75, 3.05) is 38.2 Å². The van der Waals surface area contributed by atoms with E-state index >= 15 is 0 Å². The van der Waals surface area contributed by atoms with E-state index in [1.54, 1.807) is 19.4 Å². The highest BCUT2D eigenvalue weighted by atomic mass is 35.5. The zero-order chi connectivity index (χ0) is 19.5. The lowest BCUT2D eigenvalue weighted by atomic mass is 10.1. The van der Waals surface area contributed by atoms with Gasteiger partial charge in [-0.2, -0.15) is 4.98 Å². The second-order valence-corrected chi connectivity index (χ2v) is 7.13. The van der Waals surface area contributed by atoms with Crippen LogP contribution in [0.5, 0.6) is 5.88 Å². The number of benzene rings is 1. The summed E-state index contributed by atoms with van der Waals surface area (Å²) in [5, 5.41) is 0.707. The second-order valence-electron chi connectivity index (χ2n) is 6.69. The van der Waals surface area contributed by atoms with Crippen LogP contribution in [0.4, 0.5) is 5.95 Å². The Kier molecular flexibility index (Phi) is 5.45. The minimum atomic E-state index is 0.581. The molecule has 0 spiro atoms. The number of hydrogen-bond donors (Lipinski definition) is 0. The molecule has 0 aliphatic carbocycles. The molecular weight excluding hydrogens is 378 g/mol. The van der Waals surface area contributed by atoms with E-state index in [0.29, 0.717) is 23.4 Å². The minimum absolute atomic E-state index is 0.581. The van der Waals surface area contributed by atoms with Gasteiger partial charge in [-0.1, -0.05) is 11.6 Å². The van der Waals surface area contributed by atoms with Gasteiger partial charge >= 0.3 is 0 Å². The fraction of sp³-hybridized carbons (Fsp3) is 0.350. The van der Waals surface area contributed by atoms with Crippen LogP contribution in [-0.4, -0.2) is 53.1 Å². The summed E-state index contributed by atoms with van der Waals surface area (Å²) in [6.45, 7) is 6.11. The zero-order valence-electron chi connectivity index (χ0n) is 15.9. The molecule has 1 aliphatic heterocycles. The molecule has 1 aromatic carbocycles. The van der Waals surface area contributed by atoms with E-state index in [2.05, 4.69) is 24.8 Å². The number of ether oxygens (including phenoxy) is 1. The fourth-order valence-corrected chi connectivity index (χ4v) is 3.41. The van der Waals surface area contributed by atoms with E-state index < -0.39 is 0 Å². The highest BCUT2D eigenvalue weighted by Gasteiger charge is 2.21. The van der Waals surface area contributed by atoms with Gasteiger partial charge in [-0.3, -0.25) is 4.90 Å². The Morgan fingerprint density at radius 1 is 1.07 bits per heavy atom.